The number of alkyl halides is 1. The summed E-state index contributed by atoms with van der Waals surface area (Å²) in [6, 6.07) is 8.02. The molecule has 0 amide bonds. The minimum Gasteiger partial charge on any atom is -0.462 e. The average Bonchev–Trinajstić information content (AvgIpc) is 3.01. The lowest BCUT2D eigenvalue weighted by Gasteiger charge is -2.27. The van der Waals surface area contributed by atoms with E-state index < -0.39 is 66.9 Å². The van der Waals surface area contributed by atoms with Gasteiger partial charge in [0.15, 0.2) is 6.23 Å². The van der Waals surface area contributed by atoms with E-state index in [-0.39, 0.29) is 5.75 Å². The zero-order chi connectivity index (χ0) is 26.7. The minimum absolute atomic E-state index is 0.175. The summed E-state index contributed by atoms with van der Waals surface area (Å²) >= 11 is 6.30. The molecule has 1 aliphatic rings. The number of ether oxygens (including phenoxy) is 2. The van der Waals surface area contributed by atoms with E-state index in [1.54, 1.807) is 32.0 Å². The first-order valence-electron chi connectivity index (χ1n) is 10.9. The van der Waals surface area contributed by atoms with Gasteiger partial charge in [-0.25, -0.2) is 9.36 Å². The summed E-state index contributed by atoms with van der Waals surface area (Å²) in [5.74, 6) is -0.518. The number of rotatable bonds is 10. The summed E-state index contributed by atoms with van der Waals surface area (Å²) in [5, 5.41) is 13.2. The molecule has 0 bridgehead atoms. The van der Waals surface area contributed by atoms with Crippen molar-refractivity contribution in [2.75, 3.05) is 6.61 Å². The van der Waals surface area contributed by atoms with E-state index in [2.05, 4.69) is 5.09 Å². The molecular weight excluding hydrogens is 515 g/mol. The van der Waals surface area contributed by atoms with E-state index >= 15 is 0 Å². The minimum atomic E-state index is -4.27. The van der Waals surface area contributed by atoms with Crippen LogP contribution in [0.3, 0.4) is 0 Å². The van der Waals surface area contributed by atoms with Gasteiger partial charge in [-0.15, -0.1) is 11.6 Å². The van der Waals surface area contributed by atoms with Crippen molar-refractivity contribution in [1.29, 1.82) is 0 Å². The summed E-state index contributed by atoms with van der Waals surface area (Å²) in [6.07, 6.45) is -3.58. The molecule has 3 rings (SSSR count). The molecule has 1 aromatic heterocycles. The molecule has 0 saturated carbocycles. The number of H-pyrrole nitrogens is 1. The van der Waals surface area contributed by atoms with Gasteiger partial charge in [0.2, 0.25) is 0 Å². The Kier molecular flexibility index (Phi) is 8.86. The van der Waals surface area contributed by atoms with Crippen molar-refractivity contribution in [3.63, 3.8) is 0 Å². The van der Waals surface area contributed by atoms with Crippen molar-refractivity contribution in [3.8, 4) is 5.75 Å². The fourth-order valence-corrected chi connectivity index (χ4v) is 5.10. The highest BCUT2D eigenvalue weighted by Gasteiger charge is 2.53. The second kappa shape index (κ2) is 11.3. The molecule has 1 aromatic carbocycles. The highest BCUT2D eigenvalue weighted by molar-refractivity contribution is 7.52. The quantitative estimate of drug-likeness (QED) is 0.172. The fraction of sp³-hybridized carbons (Fsp3) is 0.476. The summed E-state index contributed by atoms with van der Waals surface area (Å²) in [5.41, 5.74) is -1.52. The number of hydrogen-bond acceptors (Lipinski definition) is 9. The number of carbonyl (C=O) groups is 1. The number of hydrogen-bond donors (Lipinski definition) is 3. The Hall–Kier alpha value is -2.41. The number of aromatic amines is 1. The first kappa shape index (κ1) is 28.2. The highest BCUT2D eigenvalue weighted by Crippen LogP contribution is 2.47. The lowest BCUT2D eigenvalue weighted by atomic mass is 9.79. The zero-order valence-electron chi connectivity index (χ0n) is 19.7. The van der Waals surface area contributed by atoms with E-state index in [1.165, 1.54) is 19.1 Å². The van der Waals surface area contributed by atoms with Crippen molar-refractivity contribution in [3.05, 3.63) is 63.4 Å². The molecule has 2 aromatic rings. The largest absolute Gasteiger partial charge is 0.462 e. The summed E-state index contributed by atoms with van der Waals surface area (Å²) in [6.45, 7) is 4.17. The number of halogens is 1. The molecular formula is C21H26BClN3O9P. The van der Waals surface area contributed by atoms with Gasteiger partial charge in [0.25, 0.3) is 5.56 Å². The molecule has 2 radical (unpaired) electrons. The van der Waals surface area contributed by atoms with Crippen molar-refractivity contribution < 1.29 is 33.0 Å². The number of esters is 1. The van der Waals surface area contributed by atoms with Crippen LogP contribution in [0.2, 0.25) is 0 Å². The predicted molar refractivity (Wildman–Crippen MR) is 130 cm³/mol. The Morgan fingerprint density at radius 3 is 2.58 bits per heavy atom. The van der Waals surface area contributed by atoms with Gasteiger partial charge in [-0.2, -0.15) is 5.09 Å². The zero-order valence-corrected chi connectivity index (χ0v) is 21.3. The van der Waals surface area contributed by atoms with Gasteiger partial charge in [0.1, 0.15) is 25.7 Å². The van der Waals surface area contributed by atoms with E-state index in [1.807, 2.05) is 4.98 Å². The summed E-state index contributed by atoms with van der Waals surface area (Å²) in [7, 11) is 1.77. The maximum absolute atomic E-state index is 13.6. The topological polar surface area (TPSA) is 158 Å². The fourth-order valence-electron chi connectivity index (χ4n) is 3.30. The van der Waals surface area contributed by atoms with Crippen LogP contribution < -0.4 is 20.9 Å². The van der Waals surface area contributed by atoms with Gasteiger partial charge >= 0.3 is 19.4 Å². The molecule has 1 unspecified atom stereocenters. The Morgan fingerprint density at radius 2 is 1.97 bits per heavy atom. The summed E-state index contributed by atoms with van der Waals surface area (Å²) in [4.78, 5) is 37.9. The molecule has 1 saturated heterocycles. The number of para-hydroxylation sites is 1. The molecule has 6 atom stereocenters. The van der Waals surface area contributed by atoms with Gasteiger partial charge in [-0.3, -0.25) is 23.7 Å². The Morgan fingerprint density at radius 1 is 1.31 bits per heavy atom. The number of nitrogens with zero attached hydrogens (tertiary/aromatic N) is 1. The second-order valence-electron chi connectivity index (χ2n) is 8.35. The smallest absolute Gasteiger partial charge is 0.459 e. The molecule has 0 spiro atoms. The number of carbonyl (C=O) groups excluding carboxylic acids is 1. The van der Waals surface area contributed by atoms with Crippen LogP contribution in [0.5, 0.6) is 5.75 Å². The van der Waals surface area contributed by atoms with Crippen molar-refractivity contribution in [1.82, 2.24) is 14.6 Å². The first-order chi connectivity index (χ1) is 16.8. The third-order valence-electron chi connectivity index (χ3n) is 5.03. The van der Waals surface area contributed by atoms with Crippen LogP contribution in [0.25, 0.3) is 0 Å². The van der Waals surface area contributed by atoms with Crippen LogP contribution >= 0.6 is 19.3 Å². The molecule has 12 nitrogen and oxygen atoms in total. The van der Waals surface area contributed by atoms with Crippen LogP contribution in [0, 0.1) is 0 Å². The number of benzene rings is 1. The van der Waals surface area contributed by atoms with Gasteiger partial charge in [0, 0.05) is 12.3 Å². The molecule has 36 heavy (non-hydrogen) atoms. The molecule has 1 fully saturated rings. The molecule has 15 heteroatoms. The van der Waals surface area contributed by atoms with Crippen LogP contribution in [-0.2, 0) is 23.4 Å². The Labute approximate surface area is 212 Å². The van der Waals surface area contributed by atoms with E-state index in [0.717, 1.165) is 16.8 Å². The standard InChI is InChI=1S/C21H26BClN3O9P/c1-12(2)33-18(29)13(3)25-36(31,35-14-7-5-4-6-8-14)32-11-15-17(28)21(22,23)19(34-15)26-10-9-16(27)24-20(26)30/h4-10,12-13,15,17,19,28H,11H2,1-3H3,(H,25,31)(H,24,27,30)/t13-,15-,17-,19-,21+,36?/m1/s1. The van der Waals surface area contributed by atoms with Gasteiger partial charge in [-0.1, -0.05) is 18.2 Å². The molecule has 3 N–H and O–H groups in total. The third-order valence-corrected chi connectivity index (χ3v) is 7.08. The van der Waals surface area contributed by atoms with Gasteiger partial charge in [0.05, 0.1) is 23.6 Å². The average molecular weight is 542 g/mol. The maximum atomic E-state index is 13.6. The summed E-state index contributed by atoms with van der Waals surface area (Å²) < 4.78 is 34.3. The van der Waals surface area contributed by atoms with E-state index in [9.17, 15) is 24.1 Å². The monoisotopic (exact) mass is 541 g/mol. The first-order valence-corrected chi connectivity index (χ1v) is 12.8. The predicted octanol–water partition coefficient (Wildman–Crippen LogP) is 1.03. The second-order valence-corrected chi connectivity index (χ2v) is 10.7. The lowest BCUT2D eigenvalue weighted by Crippen LogP contribution is -2.45. The van der Waals surface area contributed by atoms with E-state index in [0.29, 0.717) is 0 Å². The van der Waals surface area contributed by atoms with Crippen LogP contribution in [0.4, 0.5) is 0 Å². The number of aliphatic hydroxyl groups excluding tert-OH is 1. The van der Waals surface area contributed by atoms with Crippen molar-refractivity contribution >= 4 is 33.2 Å². The molecule has 194 valence electrons. The van der Waals surface area contributed by atoms with E-state index in [4.69, 9.17) is 38.0 Å². The normalized spacial score (nSPS) is 26.3. The number of nitrogens with one attached hydrogen (secondary N) is 2. The maximum Gasteiger partial charge on any atom is 0.459 e. The van der Waals surface area contributed by atoms with Gasteiger partial charge < -0.3 is 19.1 Å². The number of aliphatic hydroxyl groups is 1. The van der Waals surface area contributed by atoms with Crippen molar-refractivity contribution in [2.45, 2.75) is 56.1 Å². The van der Waals surface area contributed by atoms with Crippen LogP contribution in [0.1, 0.15) is 27.0 Å². The molecule has 1 aliphatic heterocycles. The Balaban J connectivity index is 1.80. The lowest BCUT2D eigenvalue weighted by molar-refractivity contribution is -0.149. The van der Waals surface area contributed by atoms with Crippen molar-refractivity contribution in [2.24, 2.45) is 0 Å². The van der Waals surface area contributed by atoms with Crippen LogP contribution in [-0.4, -0.2) is 64.2 Å². The Bertz CT molecular complexity index is 1220. The van der Waals surface area contributed by atoms with Crippen LogP contribution in [0.15, 0.2) is 52.2 Å². The molecule has 0 aliphatic carbocycles. The number of aromatic nitrogens is 2. The highest BCUT2D eigenvalue weighted by atomic mass is 35.5. The third kappa shape index (κ3) is 6.67. The SMILES string of the molecule is [B][C@]1(Cl)[C@H](O)[C@@H](COP(=O)(N[C@H](C)C(=O)OC(C)C)Oc2ccccc2)O[C@H]1n1ccc(=O)[nH]c1=O. The molecule has 2 heterocycles. The van der Waals surface area contributed by atoms with Gasteiger partial charge in [-0.05, 0) is 32.9 Å².